The van der Waals surface area contributed by atoms with Crippen LogP contribution in [-0.2, 0) is 35.3 Å². The number of phenolic OH excluding ortho intramolecular Hbond substituents is 1. The standard InChI is InChI=1S/C47H40F2N6O13S/c1-23(43(62)54-22-47(48,49)18-28(54)19-50)53-42(61)24-10-11-51-26(12-24)20-52-39(59)9-5-29(56)13-25(45(64)65)21-69-38-17-40(60)55(44(38)63)27-2-6-32(35(14-27)46(66)67)41-33-7-3-30(57)15-36(33)68-37-16-31(58)4-8-34(37)41/h2-4,6-8,10-12,14-16,23,25,28,38,57H,5,9,13,17-18,20-22H2,1H3,(H,52,59)(H,53,61)(H,64,65)(H,66,67)/t23-,25?,28+,38?/m1/s1. The molecule has 4 atom stereocenters. The molecule has 2 saturated heterocycles. The Labute approximate surface area is 393 Å². The number of aromatic nitrogens is 1. The van der Waals surface area contributed by atoms with Gasteiger partial charge in [0.25, 0.3) is 11.8 Å². The van der Waals surface area contributed by atoms with E-state index in [0.717, 1.165) is 27.6 Å². The highest BCUT2D eigenvalue weighted by atomic mass is 32.2. The van der Waals surface area contributed by atoms with Crippen LogP contribution in [-0.4, -0.2) is 108 Å². The topological polar surface area (TPSA) is 295 Å². The van der Waals surface area contributed by atoms with E-state index >= 15 is 0 Å². The zero-order valence-corrected chi connectivity index (χ0v) is 37.1. The van der Waals surface area contributed by atoms with Crippen LogP contribution in [0.25, 0.3) is 33.4 Å². The fourth-order valence-corrected chi connectivity index (χ4v) is 9.28. The van der Waals surface area contributed by atoms with Crippen LogP contribution in [0, 0.1) is 17.2 Å². The number of phenols is 1. The van der Waals surface area contributed by atoms with Crippen LogP contribution in [0.2, 0.25) is 0 Å². The number of carbonyl (C=O) groups is 8. The summed E-state index contributed by atoms with van der Waals surface area (Å²) < 4.78 is 33.6. The molecule has 0 bridgehead atoms. The Kier molecular flexibility index (Phi) is 14.2. The molecule has 22 heteroatoms. The number of aromatic carboxylic acids is 1. The predicted molar refractivity (Wildman–Crippen MR) is 240 cm³/mol. The van der Waals surface area contributed by atoms with Gasteiger partial charge in [-0.25, -0.2) is 18.5 Å². The van der Waals surface area contributed by atoms with Crippen molar-refractivity contribution in [3.63, 3.8) is 0 Å². The molecular formula is C47H40F2N6O13S. The average molecular weight is 967 g/mol. The number of thioether (sulfide) groups is 1. The second-order valence-corrected chi connectivity index (χ2v) is 17.6. The summed E-state index contributed by atoms with van der Waals surface area (Å²) in [7, 11) is 0. The molecule has 7 rings (SSSR count). The molecule has 3 aliphatic heterocycles. The quantitative estimate of drug-likeness (QED) is 0.0639. The number of carboxylic acid groups (broad SMARTS) is 2. The van der Waals surface area contributed by atoms with Crippen molar-refractivity contribution in [1.29, 1.82) is 5.26 Å². The van der Waals surface area contributed by atoms with Crippen molar-refractivity contribution < 1.29 is 66.9 Å². The fourth-order valence-electron chi connectivity index (χ4n) is 8.05. The summed E-state index contributed by atoms with van der Waals surface area (Å²) in [6.07, 6.45) is -1.09. The second kappa shape index (κ2) is 20.0. The van der Waals surface area contributed by atoms with Crippen LogP contribution in [0.1, 0.15) is 65.4 Å². The number of nitriles is 1. The number of Topliss-reactive ketones (excluding diaryl/α,β-unsaturated/α-hetero) is 1. The highest BCUT2D eigenvalue weighted by molar-refractivity contribution is 8.00. The smallest absolute Gasteiger partial charge is 0.336 e. The monoisotopic (exact) mass is 966 g/mol. The lowest BCUT2D eigenvalue weighted by molar-refractivity contribution is -0.143. The van der Waals surface area contributed by atoms with Crippen LogP contribution in [0.15, 0.2) is 82.1 Å². The highest BCUT2D eigenvalue weighted by Gasteiger charge is 2.48. The molecule has 2 aromatic carbocycles. The minimum atomic E-state index is -3.24. The number of imide groups is 1. The molecule has 4 aliphatic rings. The highest BCUT2D eigenvalue weighted by Crippen LogP contribution is 2.43. The number of nitrogens with one attached hydrogen (secondary N) is 2. The minimum Gasteiger partial charge on any atom is -0.508 e. The number of alkyl halides is 2. The Balaban J connectivity index is 0.920. The van der Waals surface area contributed by atoms with E-state index in [4.69, 9.17) is 4.42 Å². The van der Waals surface area contributed by atoms with Crippen LogP contribution in [0.5, 0.6) is 5.75 Å². The van der Waals surface area contributed by atoms with Gasteiger partial charge in [0.1, 0.15) is 35.0 Å². The number of rotatable bonds is 17. The number of ketones is 1. The molecular weight excluding hydrogens is 927 g/mol. The number of fused-ring (bicyclic) bond motifs is 2. The molecule has 0 spiro atoms. The van der Waals surface area contributed by atoms with E-state index < -0.39 is 95.8 Å². The summed E-state index contributed by atoms with van der Waals surface area (Å²) in [6.45, 7) is 0.147. The Hall–Kier alpha value is -8.06. The third-order valence-corrected chi connectivity index (χ3v) is 12.8. The lowest BCUT2D eigenvalue weighted by atomic mass is 9.90. The third kappa shape index (κ3) is 10.9. The summed E-state index contributed by atoms with van der Waals surface area (Å²) in [5.41, 5.74) is 0.515. The summed E-state index contributed by atoms with van der Waals surface area (Å²) in [4.78, 5) is 121. The van der Waals surface area contributed by atoms with Crippen LogP contribution in [0.3, 0.4) is 0 Å². The molecule has 5 amide bonds. The number of anilines is 1. The zero-order chi connectivity index (χ0) is 49.9. The first-order valence-corrected chi connectivity index (χ1v) is 22.2. The lowest BCUT2D eigenvalue weighted by Gasteiger charge is -2.23. The molecule has 356 valence electrons. The van der Waals surface area contributed by atoms with E-state index in [9.17, 15) is 72.5 Å². The van der Waals surface area contributed by atoms with Gasteiger partial charge in [-0.3, -0.25) is 43.3 Å². The maximum absolute atomic E-state index is 13.8. The first-order valence-electron chi connectivity index (χ1n) is 21.1. The number of nitrogens with zero attached hydrogens (tertiary/aromatic N) is 4. The average Bonchev–Trinajstić information content (AvgIpc) is 3.79. The molecule has 0 radical (unpaired) electrons. The summed E-state index contributed by atoms with van der Waals surface area (Å²) in [6, 6.07) is 13.8. The van der Waals surface area contributed by atoms with E-state index in [1.165, 1.54) is 73.8 Å². The van der Waals surface area contributed by atoms with Crippen molar-refractivity contribution >= 4 is 75.7 Å². The molecule has 1 aromatic heterocycles. The van der Waals surface area contributed by atoms with Crippen molar-refractivity contribution in [1.82, 2.24) is 20.5 Å². The Morgan fingerprint density at radius 3 is 2.46 bits per heavy atom. The number of halogens is 2. The number of hydrogen-bond acceptors (Lipinski definition) is 14. The number of pyridine rings is 1. The summed E-state index contributed by atoms with van der Waals surface area (Å²) in [5.74, 6) is -11.8. The number of benzene rings is 3. The molecule has 5 N–H and O–H groups in total. The lowest BCUT2D eigenvalue weighted by Crippen LogP contribution is -2.48. The molecule has 69 heavy (non-hydrogen) atoms. The van der Waals surface area contributed by atoms with Crippen LogP contribution >= 0.6 is 11.8 Å². The summed E-state index contributed by atoms with van der Waals surface area (Å²) in [5, 5.41) is 43.9. The first-order chi connectivity index (χ1) is 32.7. The van der Waals surface area contributed by atoms with Gasteiger partial charge in [-0.15, -0.1) is 11.8 Å². The number of amides is 5. The maximum Gasteiger partial charge on any atom is 0.336 e. The SMILES string of the molecule is C[C@@H](NC(=O)c1ccnc(CNC(=O)CCC(=O)CC(CSC2CC(=O)N(c3ccc(-c4c5ccc(=O)cc-5oc5cc(O)ccc45)c(C(=O)O)c3)C2=O)C(=O)O)c1)C(=O)N1CC(F)(F)C[C@H]1C#N. The van der Waals surface area contributed by atoms with E-state index in [0.29, 0.717) is 16.5 Å². The van der Waals surface area contributed by atoms with Crippen molar-refractivity contribution in [3.05, 3.63) is 100.0 Å². The molecule has 2 fully saturated rings. The Morgan fingerprint density at radius 2 is 1.74 bits per heavy atom. The second-order valence-electron chi connectivity index (χ2n) is 16.4. The largest absolute Gasteiger partial charge is 0.508 e. The zero-order valence-electron chi connectivity index (χ0n) is 36.3. The van der Waals surface area contributed by atoms with E-state index in [1.807, 2.05) is 0 Å². The number of aliphatic carboxylic acids is 1. The first kappa shape index (κ1) is 48.9. The number of carbonyl (C=O) groups excluding carboxylic acids is 6. The number of aromatic hydroxyl groups is 1. The van der Waals surface area contributed by atoms with Gasteiger partial charge in [0, 0.05) is 78.3 Å². The fraction of sp³-hybridized carbons (Fsp3) is 0.298. The normalized spacial score (nSPS) is 17.4. The molecule has 2 unspecified atom stereocenters. The van der Waals surface area contributed by atoms with Gasteiger partial charge in [-0.2, -0.15) is 5.26 Å². The number of hydrogen-bond donors (Lipinski definition) is 5. The molecule has 0 saturated carbocycles. The van der Waals surface area contributed by atoms with E-state index in [2.05, 4.69) is 15.6 Å². The van der Waals surface area contributed by atoms with E-state index in [-0.39, 0.29) is 82.2 Å². The Bertz CT molecular complexity index is 3030. The van der Waals surface area contributed by atoms with Crippen molar-refractivity contribution in [2.24, 2.45) is 5.92 Å². The van der Waals surface area contributed by atoms with Gasteiger partial charge in [-0.1, -0.05) is 6.07 Å². The van der Waals surface area contributed by atoms with Gasteiger partial charge in [0.2, 0.25) is 23.6 Å². The van der Waals surface area contributed by atoms with Crippen LogP contribution in [0.4, 0.5) is 14.5 Å². The molecule has 19 nitrogen and oxygen atoms in total. The van der Waals surface area contributed by atoms with Crippen molar-refractivity contribution in [2.75, 3.05) is 17.2 Å². The minimum absolute atomic E-state index is 0.0252. The van der Waals surface area contributed by atoms with Gasteiger partial charge in [0.15, 0.2) is 5.43 Å². The van der Waals surface area contributed by atoms with Gasteiger partial charge in [-0.05, 0) is 61.0 Å². The number of carboxylic acids is 2. The predicted octanol–water partition coefficient (Wildman–Crippen LogP) is 4.36. The van der Waals surface area contributed by atoms with Gasteiger partial charge in [0.05, 0.1) is 47.3 Å². The van der Waals surface area contributed by atoms with Gasteiger partial charge < -0.3 is 35.3 Å². The molecule has 3 aromatic rings. The number of likely N-dealkylation sites (tertiary alicyclic amines) is 1. The third-order valence-electron chi connectivity index (χ3n) is 11.5. The van der Waals surface area contributed by atoms with E-state index in [1.54, 1.807) is 6.07 Å². The Morgan fingerprint density at radius 1 is 0.986 bits per heavy atom. The van der Waals surface area contributed by atoms with Crippen molar-refractivity contribution in [2.45, 2.75) is 68.8 Å². The van der Waals surface area contributed by atoms with Gasteiger partial charge >= 0.3 is 11.9 Å². The molecule has 1 aliphatic carbocycles. The molecule has 4 heterocycles. The maximum atomic E-state index is 13.8. The summed E-state index contributed by atoms with van der Waals surface area (Å²) >= 11 is 0.842. The van der Waals surface area contributed by atoms with Crippen molar-refractivity contribution in [3.8, 4) is 34.3 Å². The van der Waals surface area contributed by atoms with Crippen LogP contribution < -0.4 is 21.0 Å².